The molecule has 0 unspecified atom stereocenters. The number of aromatic nitrogens is 3. The summed E-state index contributed by atoms with van der Waals surface area (Å²) in [6, 6.07) is 16.0. The van der Waals surface area contributed by atoms with Gasteiger partial charge in [-0.3, -0.25) is 14.6 Å². The molecule has 0 spiro atoms. The van der Waals surface area contributed by atoms with E-state index in [1.165, 1.54) is 30.3 Å². The van der Waals surface area contributed by atoms with E-state index in [4.69, 9.17) is 9.47 Å². The molecule has 29 heavy (non-hydrogen) atoms. The first-order chi connectivity index (χ1) is 14.1. The highest BCUT2D eigenvalue weighted by Crippen LogP contribution is 2.45. The molecule has 0 saturated heterocycles. The first-order valence-electron chi connectivity index (χ1n) is 8.67. The van der Waals surface area contributed by atoms with Gasteiger partial charge in [0.1, 0.15) is 11.6 Å². The van der Waals surface area contributed by atoms with Gasteiger partial charge in [-0.1, -0.05) is 42.5 Å². The topological polar surface area (TPSA) is 97.1 Å². The summed E-state index contributed by atoms with van der Waals surface area (Å²) in [6.07, 6.45) is 0. The van der Waals surface area contributed by atoms with E-state index in [2.05, 4.69) is 15.0 Å². The number of H-pyrrole nitrogens is 2. The summed E-state index contributed by atoms with van der Waals surface area (Å²) in [7, 11) is 0. The van der Waals surface area contributed by atoms with Crippen LogP contribution in [-0.4, -0.2) is 15.0 Å². The van der Waals surface area contributed by atoms with Crippen LogP contribution in [0.1, 0.15) is 0 Å². The van der Waals surface area contributed by atoms with Crippen LogP contribution in [0.3, 0.4) is 0 Å². The molecule has 2 aromatic heterocycles. The van der Waals surface area contributed by atoms with Crippen molar-refractivity contribution in [2.75, 3.05) is 0 Å². The summed E-state index contributed by atoms with van der Waals surface area (Å²) >= 11 is 0. The Morgan fingerprint density at radius 3 is 2.34 bits per heavy atom. The van der Waals surface area contributed by atoms with E-state index in [1.54, 1.807) is 12.1 Å². The number of pyridine rings is 1. The number of hydrogen-bond acceptors (Lipinski definition) is 5. The molecule has 2 aromatic carbocycles. The lowest BCUT2D eigenvalue weighted by molar-refractivity contribution is 0.332. The van der Waals surface area contributed by atoms with Gasteiger partial charge in [0.05, 0.1) is 0 Å². The van der Waals surface area contributed by atoms with E-state index in [-0.39, 0.29) is 23.3 Å². The zero-order valence-electron chi connectivity index (χ0n) is 14.7. The molecule has 0 bridgehead atoms. The Balaban J connectivity index is 1.66. The largest absolute Gasteiger partial charge is 0.429 e. The number of nitrogens with zero attached hydrogens (tertiary/aromatic N) is 1. The minimum atomic E-state index is -0.549. The van der Waals surface area contributed by atoms with E-state index in [1.807, 2.05) is 18.2 Å². The molecule has 3 heterocycles. The standard InChI is InChI=1S/C21H12FN3O4/c22-13-8-6-11(7-9-13)14-10-15(26)23-20-16(14)28-21-17(29-20)19(27)24-18(25-21)12-4-2-1-3-5-12/h1-10H,(H,23,26)(H,24,25,27). The predicted octanol–water partition coefficient (Wildman–Crippen LogP) is 3.83. The molecule has 1 aliphatic heterocycles. The summed E-state index contributed by atoms with van der Waals surface area (Å²) in [6.45, 7) is 0. The Hall–Kier alpha value is -4.20. The maximum absolute atomic E-state index is 13.3. The highest BCUT2D eigenvalue weighted by Gasteiger charge is 2.28. The van der Waals surface area contributed by atoms with Crippen LogP contribution in [0.15, 0.2) is 70.3 Å². The molecule has 2 N–H and O–H groups in total. The van der Waals surface area contributed by atoms with Crippen molar-refractivity contribution in [1.82, 2.24) is 15.0 Å². The van der Waals surface area contributed by atoms with Crippen molar-refractivity contribution < 1.29 is 13.9 Å². The van der Waals surface area contributed by atoms with Crippen LogP contribution < -0.4 is 20.6 Å². The van der Waals surface area contributed by atoms with Crippen LogP contribution >= 0.6 is 0 Å². The van der Waals surface area contributed by atoms with Crippen molar-refractivity contribution in [2.45, 2.75) is 0 Å². The lowest BCUT2D eigenvalue weighted by Gasteiger charge is -2.21. The second-order valence-corrected chi connectivity index (χ2v) is 6.33. The number of nitrogens with one attached hydrogen (secondary N) is 2. The van der Waals surface area contributed by atoms with Crippen molar-refractivity contribution in [3.63, 3.8) is 0 Å². The van der Waals surface area contributed by atoms with E-state index >= 15 is 0 Å². The maximum atomic E-state index is 13.3. The summed E-state index contributed by atoms with van der Waals surface area (Å²) < 4.78 is 24.8. The number of fused-ring (bicyclic) bond motifs is 2. The lowest BCUT2D eigenvalue weighted by atomic mass is 10.1. The predicted molar refractivity (Wildman–Crippen MR) is 103 cm³/mol. The first kappa shape index (κ1) is 16.9. The highest BCUT2D eigenvalue weighted by atomic mass is 19.1. The molecule has 142 valence electrons. The Morgan fingerprint density at radius 1 is 0.828 bits per heavy atom. The molecular weight excluding hydrogens is 377 g/mol. The van der Waals surface area contributed by atoms with Crippen molar-refractivity contribution >= 4 is 0 Å². The molecule has 0 fully saturated rings. The number of aromatic amines is 2. The van der Waals surface area contributed by atoms with Crippen LogP contribution in [0.2, 0.25) is 0 Å². The molecule has 4 aromatic rings. The smallest absolute Gasteiger partial charge is 0.298 e. The average Bonchev–Trinajstić information content (AvgIpc) is 2.73. The van der Waals surface area contributed by atoms with Gasteiger partial charge in [-0.15, -0.1) is 0 Å². The third kappa shape index (κ3) is 2.96. The van der Waals surface area contributed by atoms with Gasteiger partial charge in [-0.25, -0.2) is 4.39 Å². The fourth-order valence-corrected chi connectivity index (χ4v) is 3.07. The molecule has 0 saturated carbocycles. The Bertz CT molecular complexity index is 1350. The van der Waals surface area contributed by atoms with E-state index in [0.29, 0.717) is 22.5 Å². The molecule has 0 amide bonds. The quantitative estimate of drug-likeness (QED) is 0.478. The van der Waals surface area contributed by atoms with Crippen molar-refractivity contribution in [1.29, 1.82) is 0 Å². The number of rotatable bonds is 2. The normalized spacial score (nSPS) is 11.8. The van der Waals surface area contributed by atoms with Crippen molar-refractivity contribution in [3.05, 3.63) is 87.2 Å². The fourth-order valence-electron chi connectivity index (χ4n) is 3.07. The van der Waals surface area contributed by atoms with Crippen LogP contribution in [-0.2, 0) is 0 Å². The summed E-state index contributed by atoms with van der Waals surface area (Å²) in [5.74, 6) is -0.130. The molecule has 0 aliphatic carbocycles. The third-order valence-electron chi connectivity index (χ3n) is 4.41. The minimum absolute atomic E-state index is 0.0240. The minimum Gasteiger partial charge on any atom is -0.429 e. The maximum Gasteiger partial charge on any atom is 0.298 e. The second-order valence-electron chi connectivity index (χ2n) is 6.33. The zero-order chi connectivity index (χ0) is 20.0. The number of benzene rings is 2. The molecule has 7 nitrogen and oxygen atoms in total. The van der Waals surface area contributed by atoms with Gasteiger partial charge in [0.25, 0.3) is 22.7 Å². The summed E-state index contributed by atoms with van der Waals surface area (Å²) in [4.78, 5) is 34.1. The Morgan fingerprint density at radius 2 is 1.59 bits per heavy atom. The van der Waals surface area contributed by atoms with Gasteiger partial charge in [0, 0.05) is 17.2 Å². The Labute approximate surface area is 162 Å². The highest BCUT2D eigenvalue weighted by molar-refractivity contribution is 5.74. The van der Waals surface area contributed by atoms with Gasteiger partial charge in [-0.2, -0.15) is 4.98 Å². The molecule has 5 rings (SSSR count). The monoisotopic (exact) mass is 389 g/mol. The fraction of sp³-hybridized carbons (Fsp3) is 0. The van der Waals surface area contributed by atoms with Gasteiger partial charge in [0.2, 0.25) is 5.88 Å². The summed E-state index contributed by atoms with van der Waals surface area (Å²) in [5, 5.41) is 0. The van der Waals surface area contributed by atoms with Crippen LogP contribution in [0.25, 0.3) is 22.5 Å². The third-order valence-corrected chi connectivity index (χ3v) is 4.41. The van der Waals surface area contributed by atoms with Crippen molar-refractivity contribution in [2.24, 2.45) is 0 Å². The first-order valence-corrected chi connectivity index (χ1v) is 8.67. The van der Waals surface area contributed by atoms with Gasteiger partial charge >= 0.3 is 0 Å². The zero-order valence-corrected chi connectivity index (χ0v) is 14.7. The van der Waals surface area contributed by atoms with E-state index in [9.17, 15) is 14.0 Å². The van der Waals surface area contributed by atoms with Crippen LogP contribution in [0, 0.1) is 5.82 Å². The molecule has 0 radical (unpaired) electrons. The number of hydrogen-bond donors (Lipinski definition) is 2. The van der Waals surface area contributed by atoms with Crippen LogP contribution in [0.5, 0.6) is 23.3 Å². The SMILES string of the molecule is O=c1cc(-c2ccc(F)cc2)c2c([nH]1)Oc1c(nc(-c3ccccc3)[nH]c1=O)O2. The number of halogens is 1. The lowest BCUT2D eigenvalue weighted by Crippen LogP contribution is -2.19. The van der Waals surface area contributed by atoms with Gasteiger partial charge < -0.3 is 14.5 Å². The average molecular weight is 389 g/mol. The molecule has 1 aliphatic rings. The van der Waals surface area contributed by atoms with E-state index < -0.39 is 16.9 Å². The van der Waals surface area contributed by atoms with Crippen LogP contribution in [0.4, 0.5) is 4.39 Å². The Kier molecular flexibility index (Phi) is 3.77. The summed E-state index contributed by atoms with van der Waals surface area (Å²) in [5.41, 5.74) is 0.627. The van der Waals surface area contributed by atoms with E-state index in [0.717, 1.165) is 0 Å². The molecule has 0 atom stereocenters. The molecule has 8 heteroatoms. The number of ether oxygens (including phenoxy) is 2. The molecular formula is C21H12FN3O4. The van der Waals surface area contributed by atoms with Crippen molar-refractivity contribution in [3.8, 4) is 45.8 Å². The second kappa shape index (κ2) is 6.45. The van der Waals surface area contributed by atoms with Gasteiger partial charge in [0.15, 0.2) is 5.75 Å². The van der Waals surface area contributed by atoms with Gasteiger partial charge in [-0.05, 0) is 17.7 Å².